The van der Waals surface area contributed by atoms with Crippen LogP contribution >= 0.6 is 23.1 Å². The van der Waals surface area contributed by atoms with Crippen molar-refractivity contribution in [1.29, 1.82) is 0 Å². The van der Waals surface area contributed by atoms with Crippen LogP contribution in [-0.2, 0) is 4.79 Å². The topological polar surface area (TPSA) is 33.5 Å². The first kappa shape index (κ1) is 14.5. The van der Waals surface area contributed by atoms with E-state index < -0.39 is 0 Å². The van der Waals surface area contributed by atoms with E-state index >= 15 is 0 Å². The van der Waals surface area contributed by atoms with Crippen molar-refractivity contribution in [3.8, 4) is 0 Å². The molecule has 2 aromatic rings. The number of hydrogen-bond donors (Lipinski definition) is 0. The van der Waals surface area contributed by atoms with E-state index in [2.05, 4.69) is 0 Å². The van der Waals surface area contributed by atoms with Crippen LogP contribution in [0.15, 0.2) is 46.4 Å². The summed E-state index contributed by atoms with van der Waals surface area (Å²) < 4.78 is 5.48. The number of thioether (sulfide) groups is 1. The van der Waals surface area contributed by atoms with Crippen molar-refractivity contribution >= 4 is 35.1 Å². The number of carbonyl (C=O) groups is 1. The second-order valence-corrected chi connectivity index (χ2v) is 7.13. The number of rotatable bonds is 3. The Labute approximate surface area is 132 Å². The van der Waals surface area contributed by atoms with E-state index in [9.17, 15) is 4.79 Å². The van der Waals surface area contributed by atoms with Crippen molar-refractivity contribution in [2.75, 3.05) is 18.8 Å². The van der Waals surface area contributed by atoms with Crippen LogP contribution in [0.25, 0.3) is 6.08 Å². The number of hydrogen-bond acceptors (Lipinski definition) is 4. The minimum absolute atomic E-state index is 0.101. The van der Waals surface area contributed by atoms with Crippen molar-refractivity contribution < 1.29 is 9.21 Å². The molecule has 3 heterocycles. The molecule has 1 amide bonds. The lowest BCUT2D eigenvalue weighted by molar-refractivity contribution is -0.125. The van der Waals surface area contributed by atoms with Crippen LogP contribution in [0.5, 0.6) is 0 Å². The van der Waals surface area contributed by atoms with Crippen LogP contribution in [0, 0.1) is 0 Å². The van der Waals surface area contributed by atoms with Gasteiger partial charge in [0.1, 0.15) is 5.76 Å². The van der Waals surface area contributed by atoms with Gasteiger partial charge in [0.25, 0.3) is 0 Å². The molecular formula is C16H17NO2S2. The number of furan rings is 1. The van der Waals surface area contributed by atoms with Crippen LogP contribution in [0.2, 0.25) is 0 Å². The largest absolute Gasteiger partial charge is 0.468 e. The fourth-order valence-corrected chi connectivity index (χ4v) is 4.14. The Morgan fingerprint density at radius 2 is 2.29 bits per heavy atom. The van der Waals surface area contributed by atoms with Gasteiger partial charge < -0.3 is 9.32 Å². The molecule has 1 atom stereocenters. The maximum absolute atomic E-state index is 12.3. The summed E-state index contributed by atoms with van der Waals surface area (Å²) in [5, 5.41) is 2.37. The van der Waals surface area contributed by atoms with Gasteiger partial charge in [-0.05, 0) is 36.1 Å². The van der Waals surface area contributed by atoms with Gasteiger partial charge in [0.05, 0.1) is 11.5 Å². The lowest BCUT2D eigenvalue weighted by atomic mass is 10.2. The molecule has 0 N–H and O–H groups in total. The molecule has 21 heavy (non-hydrogen) atoms. The zero-order chi connectivity index (χ0) is 14.5. The summed E-state index contributed by atoms with van der Waals surface area (Å²) in [7, 11) is 0. The Morgan fingerprint density at radius 3 is 3.05 bits per heavy atom. The van der Waals surface area contributed by atoms with Crippen LogP contribution in [0.3, 0.4) is 0 Å². The Kier molecular flexibility index (Phi) is 4.83. The van der Waals surface area contributed by atoms with Gasteiger partial charge in [-0.2, -0.15) is 0 Å². The monoisotopic (exact) mass is 319 g/mol. The summed E-state index contributed by atoms with van der Waals surface area (Å²) >= 11 is 3.51. The molecule has 0 aliphatic carbocycles. The highest BCUT2D eigenvalue weighted by molar-refractivity contribution is 7.99. The van der Waals surface area contributed by atoms with Gasteiger partial charge in [-0.15, -0.1) is 23.1 Å². The van der Waals surface area contributed by atoms with E-state index in [-0.39, 0.29) is 5.91 Å². The summed E-state index contributed by atoms with van der Waals surface area (Å²) in [5.74, 6) is 2.07. The highest BCUT2D eigenvalue weighted by atomic mass is 32.2. The summed E-state index contributed by atoms with van der Waals surface area (Å²) in [6.45, 7) is 1.58. The first-order valence-electron chi connectivity index (χ1n) is 6.98. The number of amides is 1. The Morgan fingerprint density at radius 1 is 1.33 bits per heavy atom. The average molecular weight is 319 g/mol. The molecule has 0 radical (unpaired) electrons. The number of nitrogens with zero attached hydrogens (tertiary/aromatic N) is 1. The van der Waals surface area contributed by atoms with Gasteiger partial charge in [-0.25, -0.2) is 0 Å². The van der Waals surface area contributed by atoms with Crippen molar-refractivity contribution in [1.82, 2.24) is 4.90 Å². The van der Waals surface area contributed by atoms with E-state index in [0.29, 0.717) is 5.25 Å². The maximum Gasteiger partial charge on any atom is 0.246 e. The second-order valence-electron chi connectivity index (χ2n) is 4.84. The minimum atomic E-state index is 0.101. The molecular weight excluding hydrogens is 302 g/mol. The molecule has 0 unspecified atom stereocenters. The van der Waals surface area contributed by atoms with Gasteiger partial charge in [-0.1, -0.05) is 6.07 Å². The third-order valence-electron chi connectivity index (χ3n) is 3.45. The zero-order valence-corrected chi connectivity index (χ0v) is 13.2. The van der Waals surface area contributed by atoms with E-state index in [0.717, 1.165) is 35.9 Å². The lowest BCUT2D eigenvalue weighted by Gasteiger charge is -2.18. The van der Waals surface area contributed by atoms with Gasteiger partial charge in [0.15, 0.2) is 0 Å². The van der Waals surface area contributed by atoms with Crippen LogP contribution in [-0.4, -0.2) is 29.6 Å². The molecule has 1 fully saturated rings. The third kappa shape index (κ3) is 3.80. The fourth-order valence-electron chi connectivity index (χ4n) is 2.34. The predicted octanol–water partition coefficient (Wildman–Crippen LogP) is 4.06. The van der Waals surface area contributed by atoms with E-state index in [4.69, 9.17) is 4.42 Å². The Hall–Kier alpha value is -1.46. The summed E-state index contributed by atoms with van der Waals surface area (Å²) in [6.07, 6.45) is 6.24. The molecule has 1 saturated heterocycles. The number of thiophene rings is 1. The highest BCUT2D eigenvalue weighted by Gasteiger charge is 2.22. The quantitative estimate of drug-likeness (QED) is 0.800. The van der Waals surface area contributed by atoms with Crippen molar-refractivity contribution in [2.24, 2.45) is 0 Å². The Balaban J connectivity index is 1.58. The molecule has 2 aromatic heterocycles. The predicted molar refractivity (Wildman–Crippen MR) is 88.5 cm³/mol. The first-order chi connectivity index (χ1) is 10.3. The van der Waals surface area contributed by atoms with Crippen molar-refractivity contribution in [3.63, 3.8) is 0 Å². The van der Waals surface area contributed by atoms with Crippen molar-refractivity contribution in [3.05, 3.63) is 52.6 Å². The Bertz CT molecular complexity index is 590. The number of carbonyl (C=O) groups excluding carboxylic acids is 1. The fraction of sp³-hybridized carbons (Fsp3) is 0.312. The molecule has 0 aromatic carbocycles. The third-order valence-corrected chi connectivity index (χ3v) is 5.57. The maximum atomic E-state index is 12.3. The van der Waals surface area contributed by atoms with Crippen LogP contribution in [0.4, 0.5) is 0 Å². The van der Waals surface area contributed by atoms with Gasteiger partial charge >= 0.3 is 0 Å². The normalized spacial score (nSPS) is 19.8. The molecule has 5 heteroatoms. The summed E-state index contributed by atoms with van der Waals surface area (Å²) in [5.41, 5.74) is 0. The van der Waals surface area contributed by atoms with E-state index in [1.807, 2.05) is 52.4 Å². The minimum Gasteiger partial charge on any atom is -0.468 e. The average Bonchev–Trinajstić information content (AvgIpc) is 3.15. The highest BCUT2D eigenvalue weighted by Crippen LogP contribution is 2.34. The molecule has 3 nitrogen and oxygen atoms in total. The molecule has 3 rings (SSSR count). The smallest absolute Gasteiger partial charge is 0.246 e. The van der Waals surface area contributed by atoms with Crippen molar-refractivity contribution in [2.45, 2.75) is 11.7 Å². The zero-order valence-electron chi connectivity index (χ0n) is 11.6. The van der Waals surface area contributed by atoms with Gasteiger partial charge in [-0.3, -0.25) is 4.79 Å². The molecule has 110 valence electrons. The SMILES string of the molecule is O=C(/C=C/c1cccs1)N1CCS[C@H](c2ccco2)CC1. The molecule has 0 saturated carbocycles. The molecule has 1 aliphatic heterocycles. The summed E-state index contributed by atoms with van der Waals surface area (Å²) in [4.78, 5) is 15.3. The summed E-state index contributed by atoms with van der Waals surface area (Å²) in [6, 6.07) is 7.95. The van der Waals surface area contributed by atoms with E-state index in [1.165, 1.54) is 0 Å². The molecule has 1 aliphatic rings. The van der Waals surface area contributed by atoms with Crippen LogP contribution in [0.1, 0.15) is 22.3 Å². The van der Waals surface area contributed by atoms with Gasteiger partial charge in [0, 0.05) is 29.8 Å². The lowest BCUT2D eigenvalue weighted by Crippen LogP contribution is -2.31. The van der Waals surface area contributed by atoms with E-state index in [1.54, 1.807) is 23.7 Å². The standard InChI is InChI=1S/C16H17NO2S2/c18-16(6-5-13-3-2-11-20-13)17-8-7-15(21-12-9-17)14-4-1-10-19-14/h1-6,10-11,15H,7-9,12H2/b6-5+/t15-/m0/s1. The molecule has 0 spiro atoms. The first-order valence-corrected chi connectivity index (χ1v) is 8.91. The van der Waals surface area contributed by atoms with Crippen LogP contribution < -0.4 is 0 Å². The van der Waals surface area contributed by atoms with Gasteiger partial charge in [0.2, 0.25) is 5.91 Å². The second kappa shape index (κ2) is 7.00. The molecule has 0 bridgehead atoms.